The summed E-state index contributed by atoms with van der Waals surface area (Å²) in [7, 11) is 1.24. The van der Waals surface area contributed by atoms with Crippen LogP contribution in [0.25, 0.3) is 0 Å². The van der Waals surface area contributed by atoms with Crippen LogP contribution >= 0.6 is 0 Å². The van der Waals surface area contributed by atoms with E-state index in [4.69, 9.17) is 11.4 Å². The van der Waals surface area contributed by atoms with E-state index in [1.807, 2.05) is 0 Å². The van der Waals surface area contributed by atoms with Crippen molar-refractivity contribution in [2.45, 2.75) is 0 Å². The SMILES string of the molecule is [2H]c1cc(C(=O)N(C)C)ccc1OB(O)O. The minimum atomic E-state index is -1.97. The number of carbonyl (C=O) groups is 1. The molecule has 6 heteroatoms. The van der Waals surface area contributed by atoms with Crippen LogP contribution in [0.15, 0.2) is 24.2 Å². The number of nitrogens with zero attached hydrogens (tertiary/aromatic N) is 1. The van der Waals surface area contributed by atoms with Crippen molar-refractivity contribution in [1.82, 2.24) is 4.90 Å². The zero-order valence-electron chi connectivity index (χ0n) is 9.47. The summed E-state index contributed by atoms with van der Waals surface area (Å²) in [5.41, 5.74) is 0.342. The van der Waals surface area contributed by atoms with E-state index in [2.05, 4.69) is 4.65 Å². The predicted molar refractivity (Wildman–Crippen MR) is 55.3 cm³/mol. The Balaban J connectivity index is 2.95. The van der Waals surface area contributed by atoms with E-state index in [0.717, 1.165) is 0 Å². The van der Waals surface area contributed by atoms with Crippen LogP contribution in [0.3, 0.4) is 0 Å². The van der Waals surface area contributed by atoms with Crippen molar-refractivity contribution in [1.29, 1.82) is 0 Å². The molecule has 0 radical (unpaired) electrons. The number of rotatable bonds is 3. The average molecular weight is 210 g/mol. The number of amides is 1. The highest BCUT2D eigenvalue weighted by atomic mass is 16.6. The number of hydrogen-bond donors (Lipinski definition) is 2. The molecule has 15 heavy (non-hydrogen) atoms. The minimum Gasteiger partial charge on any atom is -0.512 e. The summed E-state index contributed by atoms with van der Waals surface area (Å²) in [4.78, 5) is 12.9. The van der Waals surface area contributed by atoms with Gasteiger partial charge in [0.1, 0.15) is 5.75 Å². The lowest BCUT2D eigenvalue weighted by atomic mass is 10.2. The molecule has 1 aromatic rings. The van der Waals surface area contributed by atoms with Crippen LogP contribution in [0.4, 0.5) is 0 Å². The molecule has 5 nitrogen and oxygen atoms in total. The first kappa shape index (κ1) is 10.0. The molecule has 0 saturated heterocycles. The highest BCUT2D eigenvalue weighted by Gasteiger charge is 2.12. The van der Waals surface area contributed by atoms with E-state index in [-0.39, 0.29) is 17.7 Å². The molecule has 0 atom stereocenters. The second-order valence-electron chi connectivity index (χ2n) is 3.09. The molecule has 0 bridgehead atoms. The van der Waals surface area contributed by atoms with Gasteiger partial charge in [-0.25, -0.2) is 0 Å². The van der Waals surface area contributed by atoms with Crippen LogP contribution in [-0.4, -0.2) is 42.3 Å². The van der Waals surface area contributed by atoms with Crippen LogP contribution in [-0.2, 0) is 0 Å². The molecule has 0 saturated carbocycles. The topological polar surface area (TPSA) is 70.0 Å². The molecule has 0 aliphatic rings. The Labute approximate surface area is 89.5 Å². The Bertz CT molecular complexity index is 397. The van der Waals surface area contributed by atoms with Crippen molar-refractivity contribution in [2.24, 2.45) is 0 Å². The normalized spacial score (nSPS) is 10.5. The quantitative estimate of drug-likeness (QED) is 0.674. The summed E-state index contributed by atoms with van der Waals surface area (Å²) in [6, 6.07) is 4.03. The summed E-state index contributed by atoms with van der Waals surface area (Å²) in [6.07, 6.45) is 0. The van der Waals surface area contributed by atoms with Gasteiger partial charge in [-0.2, -0.15) is 0 Å². The van der Waals surface area contributed by atoms with Crippen LogP contribution in [0.5, 0.6) is 5.75 Å². The molecular weight excluding hydrogens is 197 g/mol. The summed E-state index contributed by atoms with van der Waals surface area (Å²) in [5.74, 6) is -0.227. The molecule has 1 amide bonds. The molecule has 0 unspecified atom stereocenters. The fourth-order valence-corrected chi connectivity index (χ4v) is 0.989. The Morgan fingerprint density at radius 2 is 2.13 bits per heavy atom. The van der Waals surface area contributed by atoms with Gasteiger partial charge in [0.25, 0.3) is 5.91 Å². The van der Waals surface area contributed by atoms with E-state index in [0.29, 0.717) is 5.56 Å². The maximum Gasteiger partial charge on any atom is 0.707 e. The molecule has 0 heterocycles. The maximum absolute atomic E-state index is 11.5. The third kappa shape index (κ3) is 3.27. The zero-order valence-corrected chi connectivity index (χ0v) is 8.47. The summed E-state index contributed by atoms with van der Waals surface area (Å²) < 4.78 is 12.1. The zero-order chi connectivity index (χ0) is 12.3. The summed E-state index contributed by atoms with van der Waals surface area (Å²) >= 11 is 0. The first-order valence-electron chi connectivity index (χ1n) is 4.77. The standard InChI is InChI=1S/C9H12BNO4/c1-11(2)9(12)7-3-5-8(6-4-7)15-10(13)14/h3-6,13-14H,1-2H3/i5D. The number of hydrogen-bond acceptors (Lipinski definition) is 4. The molecule has 0 aromatic heterocycles. The van der Waals surface area contributed by atoms with Gasteiger partial charge in [-0.1, -0.05) is 0 Å². The van der Waals surface area contributed by atoms with Crippen LogP contribution < -0.4 is 4.65 Å². The molecule has 2 N–H and O–H groups in total. The van der Waals surface area contributed by atoms with Crippen LogP contribution in [0.2, 0.25) is 0 Å². The minimum absolute atomic E-state index is 0.00491. The van der Waals surface area contributed by atoms with Gasteiger partial charge in [0.15, 0.2) is 0 Å². The number of carbonyl (C=O) groups excluding carboxylic acids is 1. The largest absolute Gasteiger partial charge is 0.707 e. The lowest BCUT2D eigenvalue weighted by Gasteiger charge is -2.10. The van der Waals surface area contributed by atoms with E-state index >= 15 is 0 Å². The van der Waals surface area contributed by atoms with Gasteiger partial charge >= 0.3 is 7.32 Å². The maximum atomic E-state index is 11.5. The van der Waals surface area contributed by atoms with Crippen LogP contribution in [0, 0.1) is 0 Å². The van der Waals surface area contributed by atoms with Gasteiger partial charge in [0.05, 0.1) is 1.37 Å². The Morgan fingerprint density at radius 1 is 1.47 bits per heavy atom. The first-order chi connectivity index (χ1) is 7.41. The van der Waals surface area contributed by atoms with Gasteiger partial charge in [0, 0.05) is 19.7 Å². The van der Waals surface area contributed by atoms with Gasteiger partial charge < -0.3 is 19.6 Å². The Morgan fingerprint density at radius 3 is 2.60 bits per heavy atom. The fourth-order valence-electron chi connectivity index (χ4n) is 0.989. The summed E-state index contributed by atoms with van der Waals surface area (Å²) in [5, 5.41) is 17.1. The third-order valence-electron chi connectivity index (χ3n) is 1.67. The molecular formula is C9H12BNO4. The molecule has 1 rings (SSSR count). The van der Waals surface area contributed by atoms with Crippen molar-refractivity contribution in [2.75, 3.05) is 14.1 Å². The Hall–Kier alpha value is -1.53. The van der Waals surface area contributed by atoms with E-state index in [9.17, 15) is 4.79 Å². The third-order valence-corrected chi connectivity index (χ3v) is 1.67. The second-order valence-corrected chi connectivity index (χ2v) is 3.09. The average Bonchev–Trinajstić information content (AvgIpc) is 2.19. The highest BCUT2D eigenvalue weighted by molar-refractivity contribution is 6.33. The monoisotopic (exact) mass is 210 g/mol. The van der Waals surface area contributed by atoms with Gasteiger partial charge in [-0.3, -0.25) is 4.79 Å². The summed E-state index contributed by atoms with van der Waals surface area (Å²) in [6.45, 7) is 0. The fraction of sp³-hybridized carbons (Fsp3) is 0.222. The Kier molecular flexibility index (Phi) is 3.21. The van der Waals surface area contributed by atoms with Crippen molar-refractivity contribution < 1.29 is 20.9 Å². The number of benzene rings is 1. The molecule has 0 spiro atoms. The molecule has 0 aliphatic heterocycles. The van der Waals surface area contributed by atoms with Gasteiger partial charge in [0.2, 0.25) is 0 Å². The van der Waals surface area contributed by atoms with E-state index in [1.54, 1.807) is 14.1 Å². The molecule has 1 aromatic carbocycles. The molecule has 0 fully saturated rings. The first-order valence-corrected chi connectivity index (χ1v) is 4.27. The van der Waals surface area contributed by atoms with E-state index in [1.165, 1.54) is 23.1 Å². The van der Waals surface area contributed by atoms with Crippen molar-refractivity contribution >= 4 is 13.2 Å². The molecule has 80 valence electrons. The highest BCUT2D eigenvalue weighted by Crippen LogP contribution is 2.13. The lowest BCUT2D eigenvalue weighted by Crippen LogP contribution is -2.22. The molecule has 0 aliphatic carbocycles. The van der Waals surface area contributed by atoms with Crippen molar-refractivity contribution in [3.63, 3.8) is 0 Å². The van der Waals surface area contributed by atoms with E-state index < -0.39 is 7.32 Å². The lowest BCUT2D eigenvalue weighted by molar-refractivity contribution is 0.0827. The van der Waals surface area contributed by atoms with Crippen molar-refractivity contribution in [3.05, 3.63) is 29.8 Å². The van der Waals surface area contributed by atoms with Gasteiger partial charge in [-0.05, 0) is 24.2 Å². The predicted octanol–water partition coefficient (Wildman–Crippen LogP) is -0.263. The van der Waals surface area contributed by atoms with Crippen LogP contribution in [0.1, 0.15) is 11.7 Å². The van der Waals surface area contributed by atoms with Gasteiger partial charge in [-0.15, -0.1) is 0 Å². The second kappa shape index (κ2) is 4.81. The smallest absolute Gasteiger partial charge is 0.512 e. The van der Waals surface area contributed by atoms with Crippen molar-refractivity contribution in [3.8, 4) is 5.75 Å².